The molecular weight excluding hydrogens is 327 g/mol. The number of aromatic hydroxyl groups is 1. The third kappa shape index (κ3) is 5.32. The van der Waals surface area contributed by atoms with E-state index in [0.717, 1.165) is 0 Å². The SMILES string of the molecule is CC(C)(C)OC(=O)NCC(O)C(O)c1cc(F)cc([N+](=O)[O-])c1O. The fraction of sp³-hybridized carbons (Fsp3) is 0.500. The Hall–Kier alpha value is -2.46. The summed E-state index contributed by atoms with van der Waals surface area (Å²) in [6.07, 6.45) is -4.39. The maximum atomic E-state index is 13.4. The van der Waals surface area contributed by atoms with Crippen LogP contribution in [-0.4, -0.2) is 44.6 Å². The van der Waals surface area contributed by atoms with Crippen LogP contribution in [-0.2, 0) is 4.74 Å². The molecule has 0 aliphatic carbocycles. The van der Waals surface area contributed by atoms with Crippen molar-refractivity contribution in [1.82, 2.24) is 5.32 Å². The van der Waals surface area contributed by atoms with Crippen LogP contribution in [0.2, 0.25) is 0 Å². The fourth-order valence-electron chi connectivity index (χ4n) is 1.79. The van der Waals surface area contributed by atoms with E-state index in [1.165, 1.54) is 0 Å². The molecule has 0 aromatic heterocycles. The molecule has 4 N–H and O–H groups in total. The van der Waals surface area contributed by atoms with E-state index in [1.54, 1.807) is 20.8 Å². The minimum atomic E-state index is -1.87. The molecule has 0 radical (unpaired) electrons. The third-order valence-corrected chi connectivity index (χ3v) is 2.82. The lowest BCUT2D eigenvalue weighted by Gasteiger charge is -2.22. The van der Waals surface area contributed by atoms with Gasteiger partial charge in [0.05, 0.1) is 11.0 Å². The highest BCUT2D eigenvalue weighted by atomic mass is 19.1. The maximum Gasteiger partial charge on any atom is 0.407 e. The van der Waals surface area contributed by atoms with Crippen LogP contribution in [0.5, 0.6) is 5.75 Å². The van der Waals surface area contributed by atoms with Crippen molar-refractivity contribution in [1.29, 1.82) is 0 Å². The lowest BCUT2D eigenvalue weighted by atomic mass is 10.0. The average molecular weight is 346 g/mol. The molecule has 0 saturated heterocycles. The van der Waals surface area contributed by atoms with Gasteiger partial charge >= 0.3 is 11.8 Å². The summed E-state index contributed by atoms with van der Waals surface area (Å²) >= 11 is 0. The minimum absolute atomic E-state index is 0.483. The Bertz CT molecular complexity index is 630. The number of hydrogen-bond donors (Lipinski definition) is 4. The lowest BCUT2D eigenvalue weighted by Crippen LogP contribution is -2.38. The van der Waals surface area contributed by atoms with Gasteiger partial charge in [0.1, 0.15) is 23.6 Å². The smallest absolute Gasteiger partial charge is 0.407 e. The number of phenolic OH excluding ortho intramolecular Hbond substituents is 1. The number of nitro groups is 1. The van der Waals surface area contributed by atoms with Gasteiger partial charge in [-0.25, -0.2) is 9.18 Å². The van der Waals surface area contributed by atoms with E-state index in [-0.39, 0.29) is 0 Å². The third-order valence-electron chi connectivity index (χ3n) is 2.82. The number of nitrogens with zero attached hydrogens (tertiary/aromatic N) is 1. The van der Waals surface area contributed by atoms with Crippen LogP contribution >= 0.6 is 0 Å². The Labute approximate surface area is 136 Å². The quantitative estimate of drug-likeness (QED) is 0.466. The van der Waals surface area contributed by atoms with Gasteiger partial charge in [0, 0.05) is 12.1 Å². The normalized spacial score (nSPS) is 13.9. The Morgan fingerprint density at radius 3 is 2.50 bits per heavy atom. The van der Waals surface area contributed by atoms with Gasteiger partial charge in [-0.15, -0.1) is 0 Å². The van der Waals surface area contributed by atoms with Crippen molar-refractivity contribution in [3.05, 3.63) is 33.6 Å². The molecule has 1 aromatic rings. The van der Waals surface area contributed by atoms with Crippen molar-refractivity contribution < 1.29 is 34.2 Å². The molecule has 0 bridgehead atoms. The number of aliphatic hydroxyl groups excluding tert-OH is 2. The van der Waals surface area contributed by atoms with Gasteiger partial charge < -0.3 is 25.4 Å². The predicted octanol–water partition coefficient (Wildman–Crippen LogP) is 1.36. The molecule has 0 aliphatic rings. The van der Waals surface area contributed by atoms with Gasteiger partial charge in [-0.2, -0.15) is 0 Å². The van der Waals surface area contributed by atoms with Crippen molar-refractivity contribution in [3.63, 3.8) is 0 Å². The lowest BCUT2D eigenvalue weighted by molar-refractivity contribution is -0.386. The summed E-state index contributed by atoms with van der Waals surface area (Å²) in [5.74, 6) is -2.04. The number of amides is 1. The standard InChI is InChI=1S/C14H19FN2O7/c1-14(2,3)24-13(21)16-6-10(18)12(20)8-4-7(15)5-9(11(8)19)17(22)23/h4-5,10,12,18-20H,6H2,1-3H3,(H,16,21). The summed E-state index contributed by atoms with van der Waals surface area (Å²) in [4.78, 5) is 21.2. The zero-order valence-electron chi connectivity index (χ0n) is 13.3. The molecule has 0 aliphatic heterocycles. The first-order valence-corrected chi connectivity index (χ1v) is 6.92. The number of rotatable bonds is 5. The highest BCUT2D eigenvalue weighted by Crippen LogP contribution is 2.35. The highest BCUT2D eigenvalue weighted by molar-refractivity contribution is 5.67. The molecule has 0 heterocycles. The molecule has 0 saturated carbocycles. The number of alkyl carbamates (subject to hydrolysis) is 1. The molecule has 2 atom stereocenters. The number of carbonyl (C=O) groups excluding carboxylic acids is 1. The molecule has 10 heteroatoms. The first kappa shape index (κ1) is 19.6. The van der Waals surface area contributed by atoms with E-state index in [4.69, 9.17) is 4.74 Å². The van der Waals surface area contributed by atoms with Crippen LogP contribution in [0.25, 0.3) is 0 Å². The summed E-state index contributed by atoms with van der Waals surface area (Å²) in [5, 5.41) is 42.4. The molecule has 2 unspecified atom stereocenters. The minimum Gasteiger partial charge on any atom is -0.502 e. The maximum absolute atomic E-state index is 13.4. The average Bonchev–Trinajstić information content (AvgIpc) is 2.44. The number of nitrogens with one attached hydrogen (secondary N) is 1. The van der Waals surface area contributed by atoms with Gasteiger partial charge in [-0.1, -0.05) is 0 Å². The zero-order chi connectivity index (χ0) is 18.7. The number of carbonyl (C=O) groups is 1. The number of ether oxygens (including phenoxy) is 1. The van der Waals surface area contributed by atoms with Crippen LogP contribution in [0.15, 0.2) is 12.1 Å². The van der Waals surface area contributed by atoms with Crippen molar-refractivity contribution in [2.75, 3.05) is 6.54 Å². The van der Waals surface area contributed by atoms with Crippen molar-refractivity contribution in [2.24, 2.45) is 0 Å². The second kappa shape index (κ2) is 7.41. The first-order chi connectivity index (χ1) is 10.9. The Morgan fingerprint density at radius 1 is 1.42 bits per heavy atom. The number of aliphatic hydroxyl groups is 2. The molecular formula is C14H19FN2O7. The Morgan fingerprint density at radius 2 is 2.00 bits per heavy atom. The monoisotopic (exact) mass is 346 g/mol. The van der Waals surface area contributed by atoms with Crippen LogP contribution in [0.4, 0.5) is 14.9 Å². The van der Waals surface area contributed by atoms with Crippen molar-refractivity contribution in [2.45, 2.75) is 38.6 Å². The van der Waals surface area contributed by atoms with E-state index in [0.29, 0.717) is 12.1 Å². The van der Waals surface area contributed by atoms with Crippen LogP contribution in [0, 0.1) is 15.9 Å². The van der Waals surface area contributed by atoms with Gasteiger partial charge in [0.2, 0.25) is 5.75 Å². The van der Waals surface area contributed by atoms with Crippen LogP contribution < -0.4 is 5.32 Å². The highest BCUT2D eigenvalue weighted by Gasteiger charge is 2.28. The van der Waals surface area contributed by atoms with Crippen LogP contribution in [0.1, 0.15) is 32.4 Å². The van der Waals surface area contributed by atoms with Gasteiger partial charge in [0.25, 0.3) is 0 Å². The first-order valence-electron chi connectivity index (χ1n) is 6.92. The second-order valence-corrected chi connectivity index (χ2v) is 6.01. The Balaban J connectivity index is 2.85. The fourth-order valence-corrected chi connectivity index (χ4v) is 1.79. The number of benzene rings is 1. The molecule has 134 valence electrons. The molecule has 0 spiro atoms. The van der Waals surface area contributed by atoms with Crippen molar-refractivity contribution in [3.8, 4) is 5.75 Å². The Kier molecular flexibility index (Phi) is 6.04. The molecule has 1 rings (SSSR count). The molecule has 24 heavy (non-hydrogen) atoms. The summed E-state index contributed by atoms with van der Waals surface area (Å²) in [7, 11) is 0. The molecule has 1 aromatic carbocycles. The van der Waals surface area contributed by atoms with E-state index in [1.807, 2.05) is 0 Å². The summed E-state index contributed by atoms with van der Waals surface area (Å²) in [6, 6.07) is 1.14. The van der Waals surface area contributed by atoms with Crippen LogP contribution in [0.3, 0.4) is 0 Å². The summed E-state index contributed by atoms with van der Waals surface area (Å²) in [6.45, 7) is 4.39. The number of phenols is 1. The summed E-state index contributed by atoms with van der Waals surface area (Å²) < 4.78 is 18.3. The summed E-state index contributed by atoms with van der Waals surface area (Å²) in [5.41, 5.74) is -2.29. The van der Waals surface area contributed by atoms with Crippen molar-refractivity contribution >= 4 is 11.8 Å². The van der Waals surface area contributed by atoms with E-state index in [2.05, 4.69) is 5.32 Å². The second-order valence-electron chi connectivity index (χ2n) is 6.01. The zero-order valence-corrected chi connectivity index (χ0v) is 13.3. The number of halogens is 1. The van der Waals surface area contributed by atoms with Gasteiger partial charge in [0.15, 0.2) is 0 Å². The number of hydrogen-bond acceptors (Lipinski definition) is 7. The van der Waals surface area contributed by atoms with Gasteiger partial charge in [-0.3, -0.25) is 10.1 Å². The largest absolute Gasteiger partial charge is 0.502 e. The molecule has 9 nitrogen and oxygen atoms in total. The van der Waals surface area contributed by atoms with Gasteiger partial charge in [-0.05, 0) is 26.8 Å². The predicted molar refractivity (Wildman–Crippen MR) is 79.9 cm³/mol. The van der Waals surface area contributed by atoms with E-state index in [9.17, 15) is 34.6 Å². The molecule has 0 fully saturated rings. The van der Waals surface area contributed by atoms with E-state index >= 15 is 0 Å². The van der Waals surface area contributed by atoms with E-state index < -0.39 is 58.2 Å². The number of nitro benzene ring substituents is 1. The molecule has 1 amide bonds. The topological polar surface area (TPSA) is 142 Å².